The molecular weight excluding hydrogens is 364 g/mol. The molecule has 2 bridgehead atoms. The van der Waals surface area contributed by atoms with E-state index in [0.717, 1.165) is 29.8 Å². The highest BCUT2D eigenvalue weighted by Gasteiger charge is 2.35. The standard InChI is InChI=1S/C22H26N6O/c1-27-13-15(12-23-27)14-3-6-19(21(29)9-14)20-7-8-22(26-25-20)28(2)18-10-16-4-5-17(11-18)24-16/h3,6-9,12-13,16-18,24,29H,4-5,10-11H2,1-2H3/t16-,17+,18+. The number of hydrogen-bond acceptors (Lipinski definition) is 6. The third-order valence-electron chi connectivity index (χ3n) is 6.32. The van der Waals surface area contributed by atoms with E-state index >= 15 is 0 Å². The van der Waals surface area contributed by atoms with Crippen molar-refractivity contribution < 1.29 is 5.11 Å². The van der Waals surface area contributed by atoms with E-state index in [1.54, 1.807) is 16.9 Å². The lowest BCUT2D eigenvalue weighted by atomic mass is 9.98. The number of aryl methyl sites for hydroxylation is 1. The number of aromatic nitrogens is 4. The van der Waals surface area contributed by atoms with Gasteiger partial charge < -0.3 is 15.3 Å². The maximum Gasteiger partial charge on any atom is 0.151 e. The Morgan fingerprint density at radius 1 is 1.07 bits per heavy atom. The SMILES string of the molecule is CN(c1ccc(-c2ccc(-c3cnn(C)c3)cc2O)nn1)[C@H]1C[C@H]2CC[C@@H](C1)N2. The Labute approximate surface area is 170 Å². The van der Waals surface area contributed by atoms with Gasteiger partial charge in [0.15, 0.2) is 5.82 Å². The van der Waals surface area contributed by atoms with E-state index in [0.29, 0.717) is 29.4 Å². The first-order chi connectivity index (χ1) is 14.1. The van der Waals surface area contributed by atoms with Crippen LogP contribution in [-0.4, -0.2) is 50.3 Å². The van der Waals surface area contributed by atoms with Crippen LogP contribution in [0.5, 0.6) is 5.75 Å². The number of nitrogens with zero attached hydrogens (tertiary/aromatic N) is 5. The second kappa shape index (κ2) is 7.15. The Morgan fingerprint density at radius 3 is 2.48 bits per heavy atom. The molecule has 5 rings (SSSR count). The fourth-order valence-corrected chi connectivity index (χ4v) is 4.69. The van der Waals surface area contributed by atoms with Gasteiger partial charge in [0, 0.05) is 49.5 Å². The zero-order chi connectivity index (χ0) is 20.0. The maximum absolute atomic E-state index is 10.5. The monoisotopic (exact) mass is 390 g/mol. The second-order valence-electron chi connectivity index (χ2n) is 8.29. The summed E-state index contributed by atoms with van der Waals surface area (Å²) < 4.78 is 1.74. The summed E-state index contributed by atoms with van der Waals surface area (Å²) in [6.45, 7) is 0. The number of benzene rings is 1. The molecular formula is C22H26N6O. The molecule has 7 nitrogen and oxygen atoms in total. The Kier molecular flexibility index (Phi) is 4.47. The molecule has 2 aliphatic heterocycles. The summed E-state index contributed by atoms with van der Waals surface area (Å²) in [5.41, 5.74) is 3.24. The van der Waals surface area contributed by atoms with Crippen LogP contribution in [0.15, 0.2) is 42.7 Å². The highest BCUT2D eigenvalue weighted by Crippen LogP contribution is 2.34. The molecule has 7 heteroatoms. The molecule has 3 aromatic rings. The van der Waals surface area contributed by atoms with Gasteiger partial charge in [0.25, 0.3) is 0 Å². The van der Waals surface area contributed by atoms with Gasteiger partial charge in [-0.25, -0.2) is 0 Å². The number of rotatable bonds is 4. The molecule has 0 saturated carbocycles. The van der Waals surface area contributed by atoms with Crippen LogP contribution in [0.1, 0.15) is 25.7 Å². The molecule has 0 aliphatic carbocycles. The van der Waals surface area contributed by atoms with Gasteiger partial charge >= 0.3 is 0 Å². The van der Waals surface area contributed by atoms with Crippen LogP contribution < -0.4 is 10.2 Å². The molecule has 0 amide bonds. The zero-order valence-corrected chi connectivity index (χ0v) is 16.8. The molecule has 2 aromatic heterocycles. The average Bonchev–Trinajstić information content (AvgIpc) is 3.32. The topological polar surface area (TPSA) is 79.1 Å². The second-order valence-corrected chi connectivity index (χ2v) is 8.29. The highest BCUT2D eigenvalue weighted by molar-refractivity contribution is 5.73. The summed E-state index contributed by atoms with van der Waals surface area (Å²) in [5, 5.41) is 27.3. The predicted octanol–water partition coefficient (Wildman–Crippen LogP) is 2.97. The minimum Gasteiger partial charge on any atom is -0.507 e. The average molecular weight is 390 g/mol. The molecule has 4 heterocycles. The van der Waals surface area contributed by atoms with Crippen LogP contribution in [0.3, 0.4) is 0 Å². The summed E-state index contributed by atoms with van der Waals surface area (Å²) in [4.78, 5) is 2.26. The van der Waals surface area contributed by atoms with Gasteiger partial charge in [-0.1, -0.05) is 6.07 Å². The minimum absolute atomic E-state index is 0.191. The Bertz CT molecular complexity index is 1000. The van der Waals surface area contributed by atoms with Crippen LogP contribution in [0.4, 0.5) is 5.82 Å². The quantitative estimate of drug-likeness (QED) is 0.713. The van der Waals surface area contributed by atoms with E-state index < -0.39 is 0 Å². The zero-order valence-electron chi connectivity index (χ0n) is 16.8. The Balaban J connectivity index is 1.34. The van der Waals surface area contributed by atoms with Crippen LogP contribution >= 0.6 is 0 Å². The van der Waals surface area contributed by atoms with Gasteiger partial charge in [0.1, 0.15) is 5.75 Å². The molecule has 150 valence electrons. The van der Waals surface area contributed by atoms with E-state index in [1.807, 2.05) is 37.5 Å². The fraction of sp³-hybridized carbons (Fsp3) is 0.409. The van der Waals surface area contributed by atoms with Crippen molar-refractivity contribution in [1.29, 1.82) is 0 Å². The third kappa shape index (κ3) is 3.46. The molecule has 2 aliphatic rings. The van der Waals surface area contributed by atoms with Gasteiger partial charge in [-0.05, 0) is 55.5 Å². The fourth-order valence-electron chi connectivity index (χ4n) is 4.69. The lowest BCUT2D eigenvalue weighted by Gasteiger charge is -2.36. The van der Waals surface area contributed by atoms with Gasteiger partial charge in [0.05, 0.1) is 11.9 Å². The molecule has 0 spiro atoms. The van der Waals surface area contributed by atoms with Gasteiger partial charge in [-0.15, -0.1) is 10.2 Å². The number of nitrogens with one attached hydrogen (secondary N) is 1. The van der Waals surface area contributed by atoms with E-state index in [1.165, 1.54) is 12.8 Å². The van der Waals surface area contributed by atoms with Gasteiger partial charge in [-0.3, -0.25) is 4.68 Å². The molecule has 0 unspecified atom stereocenters. The first kappa shape index (κ1) is 18.1. The molecule has 3 atom stereocenters. The first-order valence-corrected chi connectivity index (χ1v) is 10.2. The summed E-state index contributed by atoms with van der Waals surface area (Å²) in [6.07, 6.45) is 8.60. The summed E-state index contributed by atoms with van der Waals surface area (Å²) in [7, 11) is 3.99. The predicted molar refractivity (Wildman–Crippen MR) is 113 cm³/mol. The Hall–Kier alpha value is -2.93. The molecule has 29 heavy (non-hydrogen) atoms. The summed E-state index contributed by atoms with van der Waals surface area (Å²) in [5.74, 6) is 1.07. The lowest BCUT2D eigenvalue weighted by Crippen LogP contribution is -2.47. The highest BCUT2D eigenvalue weighted by atomic mass is 16.3. The van der Waals surface area contributed by atoms with Crippen LogP contribution in [0.2, 0.25) is 0 Å². The van der Waals surface area contributed by atoms with Crippen molar-refractivity contribution in [3.8, 4) is 28.1 Å². The van der Waals surface area contributed by atoms with Crippen LogP contribution in [0, 0.1) is 0 Å². The number of hydrogen-bond donors (Lipinski definition) is 2. The summed E-state index contributed by atoms with van der Waals surface area (Å²) in [6, 6.07) is 11.3. The van der Waals surface area contributed by atoms with Gasteiger partial charge in [-0.2, -0.15) is 5.10 Å². The lowest BCUT2D eigenvalue weighted by molar-refractivity contribution is 0.353. The number of fused-ring (bicyclic) bond motifs is 2. The normalized spacial score (nSPS) is 23.3. The maximum atomic E-state index is 10.5. The molecule has 2 saturated heterocycles. The molecule has 2 N–H and O–H groups in total. The smallest absolute Gasteiger partial charge is 0.151 e. The number of aromatic hydroxyl groups is 1. The Morgan fingerprint density at radius 2 is 1.86 bits per heavy atom. The van der Waals surface area contributed by atoms with Crippen LogP contribution in [-0.2, 0) is 7.05 Å². The largest absolute Gasteiger partial charge is 0.507 e. The van der Waals surface area contributed by atoms with Crippen molar-refractivity contribution in [1.82, 2.24) is 25.3 Å². The van der Waals surface area contributed by atoms with Crippen molar-refractivity contribution in [2.75, 3.05) is 11.9 Å². The number of anilines is 1. The van der Waals surface area contributed by atoms with E-state index in [-0.39, 0.29) is 5.75 Å². The molecule has 1 aromatic carbocycles. The van der Waals surface area contributed by atoms with E-state index in [2.05, 4.69) is 32.6 Å². The molecule has 0 radical (unpaired) electrons. The molecule has 2 fully saturated rings. The van der Waals surface area contributed by atoms with Crippen molar-refractivity contribution in [3.05, 3.63) is 42.7 Å². The van der Waals surface area contributed by atoms with Crippen molar-refractivity contribution in [2.24, 2.45) is 7.05 Å². The minimum atomic E-state index is 0.191. The number of piperidine rings is 1. The third-order valence-corrected chi connectivity index (χ3v) is 6.32. The van der Waals surface area contributed by atoms with Crippen molar-refractivity contribution in [3.63, 3.8) is 0 Å². The van der Waals surface area contributed by atoms with Gasteiger partial charge in [0.2, 0.25) is 0 Å². The number of phenols is 1. The number of phenolic OH excluding ortho intramolecular Hbond substituents is 1. The van der Waals surface area contributed by atoms with Crippen molar-refractivity contribution >= 4 is 5.82 Å². The summed E-state index contributed by atoms with van der Waals surface area (Å²) >= 11 is 0. The van der Waals surface area contributed by atoms with Crippen molar-refractivity contribution in [2.45, 2.75) is 43.8 Å². The first-order valence-electron chi connectivity index (χ1n) is 10.2. The van der Waals surface area contributed by atoms with E-state index in [9.17, 15) is 5.11 Å². The van der Waals surface area contributed by atoms with E-state index in [4.69, 9.17) is 0 Å². The van der Waals surface area contributed by atoms with Crippen LogP contribution in [0.25, 0.3) is 22.4 Å².